The van der Waals surface area contributed by atoms with Crippen LogP contribution in [0.25, 0.3) is 90.9 Å². The number of aromatic amines is 2. The van der Waals surface area contributed by atoms with Crippen molar-refractivity contribution >= 4 is 92.7 Å². The van der Waals surface area contributed by atoms with E-state index in [2.05, 4.69) is 31.2 Å². The van der Waals surface area contributed by atoms with Crippen LogP contribution < -0.4 is 30.7 Å². The highest BCUT2D eigenvalue weighted by Gasteiger charge is 2.32. The van der Waals surface area contributed by atoms with Crippen LogP contribution in [-0.2, 0) is 38.1 Å². The van der Waals surface area contributed by atoms with Crippen molar-refractivity contribution in [2.45, 2.75) is 89.6 Å². The predicted molar refractivity (Wildman–Crippen MR) is 334 cm³/mol. The summed E-state index contributed by atoms with van der Waals surface area (Å²) in [6, 6.07) is 30.6. The Morgan fingerprint density at radius 1 is 0.395 bits per heavy atom. The van der Waals surface area contributed by atoms with Crippen molar-refractivity contribution < 1.29 is 47.6 Å². The molecule has 0 saturated carbocycles. The maximum atomic E-state index is 14.3. The van der Waals surface area contributed by atoms with Crippen molar-refractivity contribution in [1.29, 1.82) is 0 Å². The Morgan fingerprint density at radius 3 is 0.942 bits per heavy atom. The molecule has 0 radical (unpaired) electrons. The molecule has 4 fully saturated rings. The largest absolute Gasteiger partial charge is 0.496 e. The number of aromatic nitrogens is 4. The standard InChI is InChI=1S/C68H66N8O10/c1-37-13-5-19-51(81-3)57(37)59-43-25-29-47(69-43)63(61-39(73-65(77)53-21-9-33-83-53)15-7-16-40(61)74-66(78)54-22-10-34-84-54)49-31-27-45(71-49)60(58-38(2)14-6-20-52(58)82-4)46-28-32-50(72-46)64(48-30-26-44(59)70-48)62-41(75-67(79)55-23-11-35-85-55)17-8-18-42(62)76-68(80)56-24-12-36-86-56/h5-8,13-20,25-32,53-56,69,72H,9-12,21-24,33-36H2,1-4H3,(H,73,77)(H,74,78)(H,75,79)(H,76,80). The fourth-order valence-corrected chi connectivity index (χ4v) is 12.6. The van der Waals surface area contributed by atoms with E-state index in [1.807, 2.05) is 123 Å². The van der Waals surface area contributed by atoms with Crippen molar-refractivity contribution in [2.24, 2.45) is 0 Å². The number of aryl methyl sites for hydroxylation is 2. The second-order valence-corrected chi connectivity index (χ2v) is 22.2. The van der Waals surface area contributed by atoms with Gasteiger partial charge in [-0.05, 0) is 161 Å². The number of ether oxygens (including phenoxy) is 6. The third kappa shape index (κ3) is 10.7. The van der Waals surface area contributed by atoms with Gasteiger partial charge in [-0.3, -0.25) is 19.2 Å². The summed E-state index contributed by atoms with van der Waals surface area (Å²) in [4.78, 5) is 75.9. The Bertz CT molecular complexity index is 3740. The number of hydrogen-bond donors (Lipinski definition) is 6. The molecule has 0 aliphatic carbocycles. The number of anilines is 4. The highest BCUT2D eigenvalue weighted by atomic mass is 16.5. The molecule has 6 aliphatic heterocycles. The summed E-state index contributed by atoms with van der Waals surface area (Å²) in [7, 11) is 3.27. The molecule has 6 aliphatic rings. The summed E-state index contributed by atoms with van der Waals surface area (Å²) < 4.78 is 36.0. The first-order chi connectivity index (χ1) is 42.0. The molecule has 3 aromatic heterocycles. The molecule has 18 heteroatoms. The first-order valence-electron chi connectivity index (χ1n) is 29.4. The Morgan fingerprint density at radius 2 is 0.674 bits per heavy atom. The molecule has 4 aromatic carbocycles. The van der Waals surface area contributed by atoms with Gasteiger partial charge >= 0.3 is 0 Å². The average molecular weight is 1160 g/mol. The van der Waals surface area contributed by atoms with E-state index in [1.54, 1.807) is 26.4 Å². The minimum Gasteiger partial charge on any atom is -0.496 e. The van der Waals surface area contributed by atoms with E-state index in [4.69, 9.17) is 38.4 Å². The lowest BCUT2D eigenvalue weighted by atomic mass is 9.97. The van der Waals surface area contributed by atoms with Crippen LogP contribution in [0.2, 0.25) is 0 Å². The summed E-state index contributed by atoms with van der Waals surface area (Å²) in [6.07, 6.45) is 10.4. The third-order valence-electron chi connectivity index (χ3n) is 16.7. The van der Waals surface area contributed by atoms with Gasteiger partial charge in [-0.1, -0.05) is 36.4 Å². The molecule has 4 atom stereocenters. The molecule has 9 heterocycles. The summed E-state index contributed by atoms with van der Waals surface area (Å²) in [5.41, 5.74) is 13.1. The summed E-state index contributed by atoms with van der Waals surface area (Å²) >= 11 is 0. The first-order valence-corrected chi connectivity index (χ1v) is 29.4. The molecule has 7 aromatic rings. The maximum Gasteiger partial charge on any atom is 0.253 e. The Balaban J connectivity index is 1.16. The average Bonchev–Trinajstić information content (AvgIpc) is 2.12. The van der Waals surface area contributed by atoms with Gasteiger partial charge in [0.1, 0.15) is 35.9 Å². The molecule has 13 rings (SSSR count). The smallest absolute Gasteiger partial charge is 0.253 e. The second-order valence-electron chi connectivity index (χ2n) is 22.2. The van der Waals surface area contributed by atoms with Gasteiger partial charge in [0.25, 0.3) is 23.6 Å². The van der Waals surface area contributed by atoms with Crippen LogP contribution in [0.15, 0.2) is 97.1 Å². The number of hydrogen-bond acceptors (Lipinski definition) is 12. The Hall–Kier alpha value is -9.20. The highest BCUT2D eigenvalue weighted by molar-refractivity contribution is 6.12. The van der Waals surface area contributed by atoms with Gasteiger partial charge < -0.3 is 59.7 Å². The molecule has 4 saturated heterocycles. The van der Waals surface area contributed by atoms with Crippen molar-refractivity contribution in [3.63, 3.8) is 0 Å². The van der Waals surface area contributed by atoms with Gasteiger partial charge in [0, 0.05) is 93.0 Å². The van der Waals surface area contributed by atoms with Gasteiger partial charge in [-0.15, -0.1) is 0 Å². The minimum atomic E-state index is -0.667. The van der Waals surface area contributed by atoms with Gasteiger partial charge in [-0.2, -0.15) is 0 Å². The van der Waals surface area contributed by atoms with Crippen molar-refractivity contribution in [1.82, 2.24) is 19.9 Å². The summed E-state index contributed by atoms with van der Waals surface area (Å²) in [6.45, 7) is 5.92. The van der Waals surface area contributed by atoms with Crippen LogP contribution in [0.3, 0.4) is 0 Å². The van der Waals surface area contributed by atoms with E-state index >= 15 is 0 Å². The van der Waals surface area contributed by atoms with Gasteiger partial charge in [0.05, 0.1) is 59.7 Å². The molecule has 86 heavy (non-hydrogen) atoms. The fraction of sp³-hybridized carbons (Fsp3) is 0.294. The van der Waals surface area contributed by atoms with Gasteiger partial charge in [0.2, 0.25) is 0 Å². The van der Waals surface area contributed by atoms with Gasteiger partial charge in [-0.25, -0.2) is 9.97 Å². The van der Waals surface area contributed by atoms with E-state index < -0.39 is 24.4 Å². The highest BCUT2D eigenvalue weighted by Crippen LogP contribution is 2.47. The van der Waals surface area contributed by atoms with Gasteiger partial charge in [0.15, 0.2) is 0 Å². The van der Waals surface area contributed by atoms with E-state index in [-0.39, 0.29) is 23.6 Å². The number of nitrogens with one attached hydrogen (secondary N) is 6. The predicted octanol–water partition coefficient (Wildman–Crippen LogP) is 12.4. The number of benzene rings is 4. The topological polar surface area (TPSA) is 229 Å². The third-order valence-corrected chi connectivity index (χ3v) is 16.7. The SMILES string of the molecule is COc1cccc(C)c1-c1c2nc(c(-c3c(NC(=O)C4CCCO4)cccc3NC(=O)C3CCCO3)c3ccc([nH]3)c(-c3c(C)cccc3OC)c3nc(c(-c4c(NC(=O)C5CCCO5)cccc4NC(=O)C4CCCO4)c4ccc1[nH]4)C=C3)C=C2. The summed E-state index contributed by atoms with van der Waals surface area (Å²) in [5, 5.41) is 12.9. The van der Waals surface area contributed by atoms with E-state index in [1.165, 1.54) is 0 Å². The Kier molecular flexibility index (Phi) is 15.6. The number of rotatable bonds is 14. The number of methoxy groups -OCH3 is 2. The maximum absolute atomic E-state index is 14.3. The lowest BCUT2D eigenvalue weighted by Gasteiger charge is -2.20. The minimum absolute atomic E-state index is 0.310. The van der Waals surface area contributed by atoms with Crippen molar-refractivity contribution in [3.05, 3.63) is 131 Å². The lowest BCUT2D eigenvalue weighted by molar-refractivity contribution is -0.125. The fourth-order valence-electron chi connectivity index (χ4n) is 12.6. The van der Waals surface area contributed by atoms with Crippen LogP contribution in [0, 0.1) is 13.8 Å². The molecule has 4 unspecified atom stereocenters. The monoisotopic (exact) mass is 1150 g/mol. The number of amides is 4. The second kappa shape index (κ2) is 24.0. The van der Waals surface area contributed by atoms with Crippen LogP contribution in [-0.4, -0.2) is 109 Å². The number of fused-ring (bicyclic) bond motifs is 8. The van der Waals surface area contributed by atoms with Crippen LogP contribution in [0.5, 0.6) is 11.5 Å². The molecule has 0 spiro atoms. The number of nitrogens with zero attached hydrogens (tertiary/aromatic N) is 2. The number of H-pyrrole nitrogens is 2. The first kappa shape index (κ1) is 56.0. The molecule has 438 valence electrons. The summed E-state index contributed by atoms with van der Waals surface area (Å²) in [5.74, 6) is -0.0515. The van der Waals surface area contributed by atoms with E-state index in [9.17, 15) is 19.2 Å². The normalized spacial score (nSPS) is 18.7. The van der Waals surface area contributed by atoms with E-state index in [0.717, 1.165) is 47.9 Å². The zero-order valence-electron chi connectivity index (χ0n) is 48.3. The molecule has 6 N–H and O–H groups in total. The van der Waals surface area contributed by atoms with Crippen molar-refractivity contribution in [3.8, 4) is 56.0 Å². The molecule has 18 nitrogen and oxygen atoms in total. The lowest BCUT2D eigenvalue weighted by Crippen LogP contribution is -2.28. The zero-order chi connectivity index (χ0) is 59.0. The van der Waals surface area contributed by atoms with Crippen LogP contribution >= 0.6 is 0 Å². The zero-order valence-corrected chi connectivity index (χ0v) is 48.3. The quantitative estimate of drug-likeness (QED) is 0.0597. The van der Waals surface area contributed by atoms with Crippen LogP contribution in [0.1, 0.15) is 85.3 Å². The number of carbonyl (C=O) groups excluding carboxylic acids is 4. The molecular formula is C68H66N8O10. The van der Waals surface area contributed by atoms with E-state index in [0.29, 0.717) is 165 Å². The van der Waals surface area contributed by atoms with Crippen LogP contribution in [0.4, 0.5) is 22.7 Å². The molecule has 8 bridgehead atoms. The molecular weight excluding hydrogens is 1090 g/mol. The number of carbonyl (C=O) groups is 4. The van der Waals surface area contributed by atoms with Crippen molar-refractivity contribution in [2.75, 3.05) is 61.9 Å². The molecule has 4 amide bonds. The Labute approximate surface area is 496 Å².